The predicted octanol–water partition coefficient (Wildman–Crippen LogP) is 20.9. The number of H-pyrrole nitrogens is 2. The maximum absolute atomic E-state index is 6.01. The van der Waals surface area contributed by atoms with Crippen LogP contribution in [0.4, 0.5) is 0 Å². The lowest BCUT2D eigenvalue weighted by molar-refractivity contribution is 0.568. The van der Waals surface area contributed by atoms with E-state index in [4.69, 9.17) is 9.97 Å². The van der Waals surface area contributed by atoms with Crippen molar-refractivity contribution in [1.29, 1.82) is 0 Å². The van der Waals surface area contributed by atoms with Crippen molar-refractivity contribution in [2.45, 2.75) is 131 Å². The molecular weight excluding hydrogens is 945 g/mol. The maximum Gasteiger partial charge on any atom is 0.0816 e. The molecule has 13 rings (SSSR count). The zero-order valence-electron chi connectivity index (χ0n) is 47.9. The van der Waals surface area contributed by atoms with Crippen LogP contribution in [-0.2, 0) is 28.1 Å². The van der Waals surface area contributed by atoms with E-state index in [0.29, 0.717) is 0 Å². The van der Waals surface area contributed by atoms with Gasteiger partial charge in [0.05, 0.1) is 22.4 Å². The summed E-state index contributed by atoms with van der Waals surface area (Å²) in [5.41, 5.74) is 20.7. The SMILES string of the molecule is CCCCc1ccc2cc3c4cc5nc4c(c4ccc([nH]4)c(-c4cc(C(C)(C)C)cc(C(C)(C)C)c4)c4nc(c(-c6ccccc6)c6ccc([nH]6)c5-c5cc(C(C)(C)C)cc(C(C)(C)C)c5)C=C4)c4ccc5ccc1c2c5c34. The van der Waals surface area contributed by atoms with Crippen molar-refractivity contribution in [1.82, 2.24) is 19.9 Å². The lowest BCUT2D eigenvalue weighted by Gasteiger charge is -2.26. The molecule has 0 amide bonds. The maximum atomic E-state index is 6.01. The van der Waals surface area contributed by atoms with Gasteiger partial charge >= 0.3 is 0 Å². The largest absolute Gasteiger partial charge is 0.354 e. The third-order valence-electron chi connectivity index (χ3n) is 17.0. The molecule has 0 saturated heterocycles. The quantitative estimate of drug-likeness (QED) is 0.129. The number of fused-ring (bicyclic) bond motifs is 10. The highest BCUT2D eigenvalue weighted by molar-refractivity contribution is 6.40. The Hall–Kier alpha value is -7.82. The molecule has 388 valence electrons. The van der Waals surface area contributed by atoms with Gasteiger partial charge in [0.2, 0.25) is 0 Å². The fourth-order valence-electron chi connectivity index (χ4n) is 12.5. The zero-order chi connectivity index (χ0) is 54.4. The molecule has 0 radical (unpaired) electrons. The van der Waals surface area contributed by atoms with Crippen LogP contribution in [0.15, 0.2) is 140 Å². The van der Waals surface area contributed by atoms with Crippen LogP contribution in [-0.4, -0.2) is 19.9 Å². The van der Waals surface area contributed by atoms with Gasteiger partial charge in [-0.05, 0) is 171 Å². The number of benzene rings is 8. The van der Waals surface area contributed by atoms with Gasteiger partial charge in [0.25, 0.3) is 0 Å². The Morgan fingerprint density at radius 1 is 0.385 bits per heavy atom. The van der Waals surface area contributed by atoms with E-state index in [1.807, 2.05) is 0 Å². The van der Waals surface area contributed by atoms with Gasteiger partial charge < -0.3 is 9.97 Å². The highest BCUT2D eigenvalue weighted by Crippen LogP contribution is 2.48. The Morgan fingerprint density at radius 2 is 0.897 bits per heavy atom. The average Bonchev–Trinajstić information content (AvgIpc) is 3.51. The van der Waals surface area contributed by atoms with E-state index < -0.39 is 0 Å². The van der Waals surface area contributed by atoms with Crippen LogP contribution in [0.5, 0.6) is 0 Å². The first-order valence-corrected chi connectivity index (χ1v) is 28.4. The number of hydrogen-bond acceptors (Lipinski definition) is 2. The van der Waals surface area contributed by atoms with Crippen LogP contribution in [0.2, 0.25) is 0 Å². The summed E-state index contributed by atoms with van der Waals surface area (Å²) in [4.78, 5) is 20.0. The first-order chi connectivity index (χ1) is 37.1. The summed E-state index contributed by atoms with van der Waals surface area (Å²) in [5.74, 6) is 0. The molecule has 0 spiro atoms. The molecule has 0 saturated carbocycles. The summed E-state index contributed by atoms with van der Waals surface area (Å²) in [6.45, 7) is 30.2. The number of nitrogens with one attached hydrogen (secondary N) is 2. The Labute approximate surface area is 459 Å². The van der Waals surface area contributed by atoms with Crippen LogP contribution >= 0.6 is 0 Å². The van der Waals surface area contributed by atoms with Gasteiger partial charge in [-0.1, -0.05) is 200 Å². The van der Waals surface area contributed by atoms with Gasteiger partial charge in [-0.15, -0.1) is 0 Å². The predicted molar refractivity (Wildman–Crippen MR) is 338 cm³/mol. The second-order valence-electron chi connectivity index (χ2n) is 26.7. The molecule has 4 aromatic heterocycles. The smallest absolute Gasteiger partial charge is 0.0816 e. The number of hydrogen-bond donors (Lipinski definition) is 2. The van der Waals surface area contributed by atoms with Gasteiger partial charge in [0, 0.05) is 49.5 Å². The van der Waals surface area contributed by atoms with E-state index in [9.17, 15) is 0 Å². The molecule has 8 bridgehead atoms. The molecule has 0 unspecified atom stereocenters. The van der Waals surface area contributed by atoms with Crippen LogP contribution < -0.4 is 0 Å². The number of nitrogens with zero attached hydrogens (tertiary/aromatic N) is 2. The van der Waals surface area contributed by atoms with Gasteiger partial charge in [0.1, 0.15) is 0 Å². The molecule has 1 aliphatic heterocycles. The second-order valence-corrected chi connectivity index (χ2v) is 26.7. The fourth-order valence-corrected chi connectivity index (χ4v) is 12.5. The summed E-state index contributed by atoms with van der Waals surface area (Å²) in [7, 11) is 0. The molecule has 2 N–H and O–H groups in total. The molecule has 0 aliphatic carbocycles. The number of aromatic nitrogens is 4. The van der Waals surface area contributed by atoms with Gasteiger partial charge in [0.15, 0.2) is 0 Å². The third kappa shape index (κ3) is 8.16. The van der Waals surface area contributed by atoms with E-state index in [0.717, 1.165) is 101 Å². The molecule has 78 heavy (non-hydrogen) atoms. The average molecular weight is 1020 g/mol. The number of rotatable bonds is 6. The second kappa shape index (κ2) is 17.6. The molecule has 1 aliphatic rings. The number of unbranched alkanes of at least 4 members (excludes halogenated alkanes) is 1. The minimum atomic E-state index is -0.0981. The monoisotopic (exact) mass is 1020 g/mol. The van der Waals surface area contributed by atoms with E-state index in [-0.39, 0.29) is 21.7 Å². The van der Waals surface area contributed by atoms with Crippen LogP contribution in [0.25, 0.3) is 132 Å². The molecule has 0 fully saturated rings. The van der Waals surface area contributed by atoms with Crippen molar-refractivity contribution < 1.29 is 0 Å². The summed E-state index contributed by atoms with van der Waals surface area (Å²) >= 11 is 0. The van der Waals surface area contributed by atoms with Crippen LogP contribution in [0.3, 0.4) is 0 Å². The van der Waals surface area contributed by atoms with Gasteiger partial charge in [-0.3, -0.25) is 0 Å². The van der Waals surface area contributed by atoms with Crippen molar-refractivity contribution in [3.8, 4) is 33.4 Å². The Balaban J connectivity index is 1.28. The molecule has 8 aromatic carbocycles. The van der Waals surface area contributed by atoms with Crippen molar-refractivity contribution in [3.05, 3.63) is 179 Å². The van der Waals surface area contributed by atoms with Crippen LogP contribution in [0, 0.1) is 0 Å². The lowest BCUT2D eigenvalue weighted by atomic mass is 9.79. The first kappa shape index (κ1) is 49.7. The number of aryl methyl sites for hydroxylation is 1. The van der Waals surface area contributed by atoms with E-state index in [2.05, 4.69) is 252 Å². The van der Waals surface area contributed by atoms with E-state index >= 15 is 0 Å². The van der Waals surface area contributed by atoms with Crippen molar-refractivity contribution in [2.75, 3.05) is 0 Å². The molecule has 12 aromatic rings. The summed E-state index contributed by atoms with van der Waals surface area (Å²) < 4.78 is 0. The molecule has 5 heterocycles. The normalized spacial score (nSPS) is 13.3. The highest BCUT2D eigenvalue weighted by Gasteiger charge is 2.27. The third-order valence-corrected chi connectivity index (χ3v) is 17.0. The molecule has 4 heteroatoms. The Morgan fingerprint density at radius 3 is 1.47 bits per heavy atom. The summed E-state index contributed by atoms with van der Waals surface area (Å²) in [6, 6.07) is 53.6. The van der Waals surface area contributed by atoms with E-state index in [1.54, 1.807) is 0 Å². The fraction of sp³-hybridized carbons (Fsp3) is 0.270. The molecule has 0 atom stereocenters. The molecule has 4 nitrogen and oxygen atoms in total. The zero-order valence-corrected chi connectivity index (χ0v) is 47.9. The van der Waals surface area contributed by atoms with Gasteiger partial charge in [-0.25, -0.2) is 9.97 Å². The van der Waals surface area contributed by atoms with Crippen LogP contribution in [0.1, 0.15) is 142 Å². The van der Waals surface area contributed by atoms with Crippen molar-refractivity contribution in [2.24, 2.45) is 0 Å². The van der Waals surface area contributed by atoms with E-state index in [1.165, 1.54) is 77.3 Å². The Kier molecular flexibility index (Phi) is 11.2. The minimum absolute atomic E-state index is 0.0861. The van der Waals surface area contributed by atoms with Crippen molar-refractivity contribution in [3.63, 3.8) is 0 Å². The summed E-state index contributed by atoms with van der Waals surface area (Å²) in [6.07, 6.45) is 7.85. The van der Waals surface area contributed by atoms with Crippen molar-refractivity contribution >= 4 is 99.1 Å². The van der Waals surface area contributed by atoms with Gasteiger partial charge in [-0.2, -0.15) is 0 Å². The lowest BCUT2D eigenvalue weighted by Crippen LogP contribution is -2.16. The standard InChI is InChI=1S/C74H72N4/c1-14-15-19-42-22-23-45-38-54-55-41-62-66(47-36-50(73(8,9)10)40-51(37-47)74(11,12)13)60-31-29-57(76-60)64(43-20-17-16-18-21-43)56-28-30-58(75-56)65(46-34-48(71(2,3)4)39-49(35-46)72(5,6)7)59-32-33-61(77-59)69(70(55)78-62)53-27-25-44-24-26-52(42)63(45)67(44)68(53)54/h16-18,20-41,76-77H,14-15,19H2,1-13H3. The Bertz CT molecular complexity index is 4480. The first-order valence-electron chi connectivity index (χ1n) is 28.4. The highest BCUT2D eigenvalue weighted by atomic mass is 14.8. The minimum Gasteiger partial charge on any atom is -0.354 e. The summed E-state index contributed by atoms with van der Waals surface area (Å²) in [5, 5.41) is 12.6. The topological polar surface area (TPSA) is 57.4 Å². The number of aromatic amines is 2. The molecular formula is C74H72N4.